The van der Waals surface area contributed by atoms with Gasteiger partial charge in [0.05, 0.1) is 12.2 Å². The van der Waals surface area contributed by atoms with Crippen molar-refractivity contribution in [3.8, 4) is 0 Å². The van der Waals surface area contributed by atoms with E-state index in [0.717, 1.165) is 0 Å². The minimum atomic E-state index is -1.05. The molecule has 0 amide bonds. The van der Waals surface area contributed by atoms with Gasteiger partial charge < -0.3 is 15.5 Å². The molecule has 19 heavy (non-hydrogen) atoms. The summed E-state index contributed by atoms with van der Waals surface area (Å²) in [6.45, 7) is 3.90. The molecular weight excluding hydrogens is 238 g/mol. The van der Waals surface area contributed by atoms with Crippen LogP contribution in [0.3, 0.4) is 0 Å². The van der Waals surface area contributed by atoms with Gasteiger partial charge in [-0.05, 0) is 56.2 Å². The molecule has 0 aliphatic heterocycles. The molecule has 1 aromatic carbocycles. The first-order valence-electron chi connectivity index (χ1n) is 7.20. The van der Waals surface area contributed by atoms with Gasteiger partial charge in [0.25, 0.3) is 0 Å². The van der Waals surface area contributed by atoms with Crippen LogP contribution in [-0.4, -0.2) is 29.0 Å². The molecule has 2 atom stereocenters. The monoisotopic (exact) mass is 263 g/mol. The molecule has 0 saturated heterocycles. The molecule has 0 saturated carbocycles. The van der Waals surface area contributed by atoms with Crippen molar-refractivity contribution in [3.05, 3.63) is 34.9 Å². The second-order valence-corrected chi connectivity index (χ2v) is 5.99. The standard InChI is InChI=1S/C16H25NO2/c1-12(17-10-16(2,19)11-18)14-8-7-13-5-3-4-6-15(13)9-14/h7-9,12,17-19H,3-6,10-11H2,1-2H3. The molecule has 3 N–H and O–H groups in total. The lowest BCUT2D eigenvalue weighted by Gasteiger charge is -2.25. The predicted octanol–water partition coefficient (Wildman–Crippen LogP) is 1.96. The Bertz CT molecular complexity index is 429. The van der Waals surface area contributed by atoms with Gasteiger partial charge in [0.2, 0.25) is 0 Å². The molecule has 0 radical (unpaired) electrons. The summed E-state index contributed by atoms with van der Waals surface area (Å²) < 4.78 is 0. The van der Waals surface area contributed by atoms with Gasteiger partial charge in [-0.3, -0.25) is 0 Å². The van der Waals surface area contributed by atoms with Gasteiger partial charge in [0.15, 0.2) is 0 Å². The Morgan fingerprint density at radius 3 is 2.63 bits per heavy atom. The minimum Gasteiger partial charge on any atom is -0.393 e. The third-order valence-electron chi connectivity index (χ3n) is 4.00. The van der Waals surface area contributed by atoms with Crippen molar-refractivity contribution in [2.24, 2.45) is 0 Å². The molecule has 0 spiro atoms. The number of hydrogen-bond acceptors (Lipinski definition) is 3. The normalized spacial score (nSPS) is 19.6. The molecule has 1 aliphatic rings. The first-order valence-corrected chi connectivity index (χ1v) is 7.20. The fourth-order valence-corrected chi connectivity index (χ4v) is 2.57. The maximum atomic E-state index is 9.80. The Morgan fingerprint density at radius 2 is 1.95 bits per heavy atom. The largest absolute Gasteiger partial charge is 0.393 e. The van der Waals surface area contributed by atoms with Gasteiger partial charge in [-0.25, -0.2) is 0 Å². The average Bonchev–Trinajstić information content (AvgIpc) is 2.44. The molecule has 3 heteroatoms. The molecule has 2 unspecified atom stereocenters. The Hall–Kier alpha value is -0.900. The Labute approximate surface area is 115 Å². The summed E-state index contributed by atoms with van der Waals surface area (Å²) in [5.74, 6) is 0. The third-order valence-corrected chi connectivity index (χ3v) is 4.00. The number of aryl methyl sites for hydroxylation is 2. The van der Waals surface area contributed by atoms with E-state index in [1.807, 2.05) is 0 Å². The van der Waals surface area contributed by atoms with E-state index in [4.69, 9.17) is 5.11 Å². The maximum absolute atomic E-state index is 9.80. The summed E-state index contributed by atoms with van der Waals surface area (Å²) >= 11 is 0. The molecule has 0 bridgehead atoms. The fourth-order valence-electron chi connectivity index (χ4n) is 2.57. The van der Waals surface area contributed by atoms with E-state index >= 15 is 0 Å². The van der Waals surface area contributed by atoms with E-state index < -0.39 is 5.60 Å². The lowest BCUT2D eigenvalue weighted by Crippen LogP contribution is -2.41. The van der Waals surface area contributed by atoms with Crippen molar-refractivity contribution in [2.75, 3.05) is 13.2 Å². The SMILES string of the molecule is CC(NCC(C)(O)CO)c1ccc2c(c1)CCCC2. The summed E-state index contributed by atoms with van der Waals surface area (Å²) in [5, 5.41) is 22.1. The van der Waals surface area contributed by atoms with Crippen molar-refractivity contribution < 1.29 is 10.2 Å². The molecule has 0 fully saturated rings. The van der Waals surface area contributed by atoms with E-state index in [1.54, 1.807) is 6.92 Å². The molecule has 1 aromatic rings. The number of benzene rings is 1. The molecule has 0 aromatic heterocycles. The van der Waals surface area contributed by atoms with Crippen LogP contribution in [0.1, 0.15) is 49.4 Å². The van der Waals surface area contributed by atoms with Crippen molar-refractivity contribution >= 4 is 0 Å². The second kappa shape index (κ2) is 6.04. The maximum Gasteiger partial charge on any atom is 0.0973 e. The Balaban J connectivity index is 2.01. The van der Waals surface area contributed by atoms with E-state index in [1.165, 1.54) is 42.4 Å². The van der Waals surface area contributed by atoms with E-state index in [9.17, 15) is 5.11 Å². The van der Waals surface area contributed by atoms with Gasteiger partial charge in [0, 0.05) is 12.6 Å². The highest BCUT2D eigenvalue weighted by Gasteiger charge is 2.20. The highest BCUT2D eigenvalue weighted by molar-refractivity contribution is 5.35. The summed E-state index contributed by atoms with van der Waals surface area (Å²) in [6, 6.07) is 6.90. The molecular formula is C16H25NO2. The average molecular weight is 263 g/mol. The van der Waals surface area contributed by atoms with Crippen LogP contribution in [0.25, 0.3) is 0 Å². The number of aliphatic hydroxyl groups excluding tert-OH is 1. The van der Waals surface area contributed by atoms with E-state index in [-0.39, 0.29) is 12.6 Å². The second-order valence-electron chi connectivity index (χ2n) is 5.99. The zero-order chi connectivity index (χ0) is 13.9. The van der Waals surface area contributed by atoms with Crippen molar-refractivity contribution in [2.45, 2.75) is 51.2 Å². The summed E-state index contributed by atoms with van der Waals surface area (Å²) in [6.07, 6.45) is 4.98. The highest BCUT2D eigenvalue weighted by atomic mass is 16.3. The smallest absolute Gasteiger partial charge is 0.0973 e. The third kappa shape index (κ3) is 3.78. The van der Waals surface area contributed by atoms with Gasteiger partial charge in [-0.2, -0.15) is 0 Å². The van der Waals surface area contributed by atoms with Crippen LogP contribution in [0.4, 0.5) is 0 Å². The highest BCUT2D eigenvalue weighted by Crippen LogP contribution is 2.24. The number of aliphatic hydroxyl groups is 2. The predicted molar refractivity (Wildman–Crippen MR) is 77.2 cm³/mol. The van der Waals surface area contributed by atoms with Crippen LogP contribution in [0.2, 0.25) is 0 Å². The van der Waals surface area contributed by atoms with E-state index in [2.05, 4.69) is 30.4 Å². The zero-order valence-electron chi connectivity index (χ0n) is 11.9. The quantitative estimate of drug-likeness (QED) is 0.761. The molecule has 0 heterocycles. The van der Waals surface area contributed by atoms with Crippen LogP contribution >= 0.6 is 0 Å². The van der Waals surface area contributed by atoms with Crippen LogP contribution in [0.15, 0.2) is 18.2 Å². The van der Waals surface area contributed by atoms with Crippen LogP contribution in [0.5, 0.6) is 0 Å². The lowest BCUT2D eigenvalue weighted by molar-refractivity contribution is 0.00106. The Kier molecular flexibility index (Phi) is 4.61. The molecule has 106 valence electrons. The van der Waals surface area contributed by atoms with Crippen molar-refractivity contribution in [1.29, 1.82) is 0 Å². The molecule has 3 nitrogen and oxygen atoms in total. The molecule has 1 aliphatic carbocycles. The van der Waals surface area contributed by atoms with Gasteiger partial charge in [-0.1, -0.05) is 18.2 Å². The summed E-state index contributed by atoms with van der Waals surface area (Å²) in [5.41, 5.74) is 3.17. The first kappa shape index (κ1) is 14.5. The van der Waals surface area contributed by atoms with Gasteiger partial charge >= 0.3 is 0 Å². The van der Waals surface area contributed by atoms with E-state index in [0.29, 0.717) is 6.54 Å². The first-order chi connectivity index (χ1) is 9.02. The number of rotatable bonds is 5. The van der Waals surface area contributed by atoms with Crippen LogP contribution < -0.4 is 5.32 Å². The van der Waals surface area contributed by atoms with Crippen LogP contribution in [-0.2, 0) is 12.8 Å². The number of fused-ring (bicyclic) bond motifs is 1. The zero-order valence-corrected chi connectivity index (χ0v) is 11.9. The lowest BCUT2D eigenvalue weighted by atomic mass is 9.89. The van der Waals surface area contributed by atoms with Gasteiger partial charge in [0.1, 0.15) is 0 Å². The molecule has 2 rings (SSSR count). The minimum absolute atomic E-state index is 0.185. The number of nitrogens with one attached hydrogen (secondary N) is 1. The topological polar surface area (TPSA) is 52.5 Å². The van der Waals surface area contributed by atoms with Crippen molar-refractivity contribution in [3.63, 3.8) is 0 Å². The fraction of sp³-hybridized carbons (Fsp3) is 0.625. The van der Waals surface area contributed by atoms with Gasteiger partial charge in [-0.15, -0.1) is 0 Å². The Morgan fingerprint density at radius 1 is 1.26 bits per heavy atom. The summed E-state index contributed by atoms with van der Waals surface area (Å²) in [7, 11) is 0. The number of hydrogen-bond donors (Lipinski definition) is 3. The summed E-state index contributed by atoms with van der Waals surface area (Å²) in [4.78, 5) is 0. The van der Waals surface area contributed by atoms with Crippen molar-refractivity contribution in [1.82, 2.24) is 5.32 Å². The van der Waals surface area contributed by atoms with Crippen LogP contribution in [0, 0.1) is 0 Å².